The van der Waals surface area contributed by atoms with E-state index in [1.165, 1.54) is 89.0 Å². The monoisotopic (exact) mass is 991 g/mol. The van der Waals surface area contributed by atoms with E-state index in [0.717, 1.165) is 35.0 Å². The lowest BCUT2D eigenvalue weighted by Crippen LogP contribution is -2.29. The van der Waals surface area contributed by atoms with Crippen molar-refractivity contribution in [3.8, 4) is 44.9 Å². The van der Waals surface area contributed by atoms with Crippen molar-refractivity contribution in [3.05, 3.63) is 329 Å². The van der Waals surface area contributed by atoms with E-state index in [9.17, 15) is 0 Å². The molecule has 0 radical (unpaired) electrons. The van der Waals surface area contributed by atoms with E-state index < -0.39 is 10.8 Å². The number of benzene rings is 11. The Bertz CT molecular complexity index is 3840. The Labute approximate surface area is 454 Å². The zero-order valence-electron chi connectivity index (χ0n) is 44.2. The van der Waals surface area contributed by atoms with E-state index in [4.69, 9.17) is 4.74 Å². The highest BCUT2D eigenvalue weighted by molar-refractivity contribution is 5.92. The molecule has 0 heterocycles. The summed E-state index contributed by atoms with van der Waals surface area (Å²) in [6.07, 6.45) is 1.10. The van der Waals surface area contributed by atoms with Crippen molar-refractivity contribution in [2.24, 2.45) is 0 Å². The predicted molar refractivity (Wildman–Crippen MR) is 320 cm³/mol. The van der Waals surface area contributed by atoms with Crippen LogP contribution < -0.4 is 9.64 Å². The third-order valence-electron chi connectivity index (χ3n) is 16.8. The molecule has 2 aliphatic carbocycles. The van der Waals surface area contributed by atoms with Gasteiger partial charge in [0.05, 0.1) is 10.8 Å². The van der Waals surface area contributed by atoms with Crippen LogP contribution in [0.2, 0.25) is 0 Å². The summed E-state index contributed by atoms with van der Waals surface area (Å²) in [6.45, 7) is 9.06. The molecule has 0 bridgehead atoms. The zero-order valence-corrected chi connectivity index (χ0v) is 44.2. The molecule has 2 aliphatic rings. The first-order valence-electron chi connectivity index (χ1n) is 27.4. The van der Waals surface area contributed by atoms with Crippen LogP contribution in [0.3, 0.4) is 0 Å². The number of fused-ring (bicyclic) bond motifs is 6. The SMILES string of the molecule is CCC(C)c1ccc(Oc2ccc(C3(c4ccc(C(C)C)cc4)c4ccccc4-c4ccc(N(c5ccc(-c6ccccc6)cc5)c5ccc6c(c5)C(c5ccccc5)(c5ccccc5)c5ccccc5-6)cc43)cc2)cc1. The first-order valence-corrected chi connectivity index (χ1v) is 27.4. The molecule has 0 spiro atoms. The number of nitrogens with zero attached hydrogens (tertiary/aromatic N) is 1. The summed E-state index contributed by atoms with van der Waals surface area (Å²) < 4.78 is 6.59. The van der Waals surface area contributed by atoms with Crippen molar-refractivity contribution in [2.75, 3.05) is 4.90 Å². The van der Waals surface area contributed by atoms with Crippen LogP contribution in [0.25, 0.3) is 33.4 Å². The fraction of sp³-hybridized carbons (Fsp3) is 0.120. The third kappa shape index (κ3) is 7.93. The zero-order chi connectivity index (χ0) is 52.1. The Kier molecular flexibility index (Phi) is 12.2. The van der Waals surface area contributed by atoms with Gasteiger partial charge in [-0.3, -0.25) is 0 Å². The molecule has 13 rings (SSSR count). The van der Waals surface area contributed by atoms with Crippen LogP contribution in [0.15, 0.2) is 273 Å². The van der Waals surface area contributed by atoms with Crippen LogP contribution >= 0.6 is 0 Å². The standard InChI is InChI=1S/C75H61NO/c1-5-52(4)54-33-43-64(44-34-54)77-65-45-37-60(38-46-65)75(59-35-29-53(30-36-59)51(2)3)71-28-18-16-26-67(71)69-48-42-63(50-73(69)75)76(61-39-31-56(32-40-61)55-19-9-6-10-20-55)62-41-47-68-66-25-15-17-27-70(66)74(72(68)49-62,57-21-11-7-12-22-57)58-23-13-8-14-24-58/h6-52H,5H2,1-4H3. The minimum Gasteiger partial charge on any atom is -0.457 e. The lowest BCUT2D eigenvalue weighted by atomic mass is 9.67. The van der Waals surface area contributed by atoms with Gasteiger partial charge in [-0.25, -0.2) is 0 Å². The van der Waals surface area contributed by atoms with Gasteiger partial charge in [-0.2, -0.15) is 0 Å². The van der Waals surface area contributed by atoms with Gasteiger partial charge < -0.3 is 9.64 Å². The summed E-state index contributed by atoms with van der Waals surface area (Å²) in [4.78, 5) is 2.48. The average molecular weight is 992 g/mol. The highest BCUT2D eigenvalue weighted by atomic mass is 16.5. The molecule has 2 heteroatoms. The van der Waals surface area contributed by atoms with Crippen molar-refractivity contribution in [1.29, 1.82) is 0 Å². The number of rotatable bonds is 13. The Hall–Kier alpha value is -8.98. The van der Waals surface area contributed by atoms with Crippen LogP contribution in [0.5, 0.6) is 11.5 Å². The molecule has 372 valence electrons. The maximum absolute atomic E-state index is 6.59. The Balaban J connectivity index is 1.02. The molecule has 0 saturated carbocycles. The molecule has 0 N–H and O–H groups in total. The molecule has 11 aromatic carbocycles. The van der Waals surface area contributed by atoms with E-state index in [0.29, 0.717) is 11.8 Å². The van der Waals surface area contributed by atoms with Crippen LogP contribution in [-0.2, 0) is 10.8 Å². The minimum atomic E-state index is -0.661. The summed E-state index contributed by atoms with van der Waals surface area (Å²) in [6, 6.07) is 101. The van der Waals surface area contributed by atoms with E-state index in [2.05, 4.69) is 306 Å². The molecule has 0 saturated heterocycles. The fourth-order valence-corrected chi connectivity index (χ4v) is 12.8. The molecule has 77 heavy (non-hydrogen) atoms. The molecule has 2 nitrogen and oxygen atoms in total. The molecular formula is C75H61NO. The molecule has 0 amide bonds. The highest BCUT2D eigenvalue weighted by Gasteiger charge is 2.48. The van der Waals surface area contributed by atoms with Crippen molar-refractivity contribution in [2.45, 2.75) is 56.8 Å². The summed E-state index contributed by atoms with van der Waals surface area (Å²) in [5.41, 5.74) is 22.0. The predicted octanol–water partition coefficient (Wildman–Crippen LogP) is 20.0. The normalized spacial score (nSPS) is 15.0. The minimum absolute atomic E-state index is 0.398. The Morgan fingerprint density at radius 3 is 1.19 bits per heavy atom. The summed E-state index contributed by atoms with van der Waals surface area (Å²) in [7, 11) is 0. The van der Waals surface area contributed by atoms with Gasteiger partial charge in [-0.1, -0.05) is 240 Å². The topological polar surface area (TPSA) is 12.5 Å². The lowest BCUT2D eigenvalue weighted by molar-refractivity contribution is 0.481. The second kappa shape index (κ2) is 19.6. The molecule has 0 fully saturated rings. The van der Waals surface area contributed by atoms with Gasteiger partial charge in [-0.05, 0) is 168 Å². The second-order valence-electron chi connectivity index (χ2n) is 21.3. The summed E-state index contributed by atoms with van der Waals surface area (Å²) in [5, 5.41) is 0. The maximum Gasteiger partial charge on any atom is 0.127 e. The first kappa shape index (κ1) is 47.7. The van der Waals surface area contributed by atoms with Gasteiger partial charge >= 0.3 is 0 Å². The van der Waals surface area contributed by atoms with Gasteiger partial charge in [0.25, 0.3) is 0 Å². The van der Waals surface area contributed by atoms with Crippen molar-refractivity contribution < 1.29 is 4.74 Å². The van der Waals surface area contributed by atoms with Gasteiger partial charge in [-0.15, -0.1) is 0 Å². The number of hydrogen-bond acceptors (Lipinski definition) is 2. The van der Waals surface area contributed by atoms with Gasteiger partial charge in [0.15, 0.2) is 0 Å². The molecule has 2 unspecified atom stereocenters. The molecular weight excluding hydrogens is 931 g/mol. The van der Waals surface area contributed by atoms with Gasteiger partial charge in [0.1, 0.15) is 11.5 Å². The van der Waals surface area contributed by atoms with Crippen LogP contribution in [-0.4, -0.2) is 0 Å². The molecule has 0 aromatic heterocycles. The van der Waals surface area contributed by atoms with E-state index in [1.807, 2.05) is 0 Å². The fourth-order valence-electron chi connectivity index (χ4n) is 12.8. The van der Waals surface area contributed by atoms with E-state index in [-0.39, 0.29) is 0 Å². The van der Waals surface area contributed by atoms with Crippen molar-refractivity contribution >= 4 is 17.1 Å². The first-order chi connectivity index (χ1) is 37.9. The average Bonchev–Trinajstić information content (AvgIpc) is 4.21. The second-order valence-corrected chi connectivity index (χ2v) is 21.3. The van der Waals surface area contributed by atoms with E-state index >= 15 is 0 Å². The van der Waals surface area contributed by atoms with Crippen LogP contribution in [0.4, 0.5) is 17.1 Å². The smallest absolute Gasteiger partial charge is 0.127 e. The lowest BCUT2D eigenvalue weighted by Gasteiger charge is -2.36. The van der Waals surface area contributed by atoms with E-state index in [1.54, 1.807) is 0 Å². The summed E-state index contributed by atoms with van der Waals surface area (Å²) >= 11 is 0. The quantitative estimate of drug-likeness (QED) is 0.114. The van der Waals surface area contributed by atoms with Crippen molar-refractivity contribution in [1.82, 2.24) is 0 Å². The molecule has 0 aliphatic heterocycles. The number of hydrogen-bond donors (Lipinski definition) is 0. The Morgan fingerprint density at radius 1 is 0.338 bits per heavy atom. The molecule has 2 atom stereocenters. The maximum atomic E-state index is 6.59. The third-order valence-corrected chi connectivity index (χ3v) is 16.8. The van der Waals surface area contributed by atoms with Crippen LogP contribution in [0.1, 0.15) is 102 Å². The van der Waals surface area contributed by atoms with Gasteiger partial charge in [0.2, 0.25) is 0 Å². The number of ether oxygens (including phenoxy) is 1. The highest BCUT2D eigenvalue weighted by Crippen LogP contribution is 2.60. The number of anilines is 3. The van der Waals surface area contributed by atoms with Crippen LogP contribution in [0, 0.1) is 0 Å². The molecule has 11 aromatic rings. The van der Waals surface area contributed by atoms with Gasteiger partial charge in [0, 0.05) is 17.1 Å². The van der Waals surface area contributed by atoms with Crippen molar-refractivity contribution in [3.63, 3.8) is 0 Å². The largest absolute Gasteiger partial charge is 0.457 e. The Morgan fingerprint density at radius 2 is 0.714 bits per heavy atom. The summed E-state index contributed by atoms with van der Waals surface area (Å²) in [5.74, 6) is 2.54.